The molecule has 1 aliphatic carbocycles. The SMILES string of the molecule is O=C1C[C@@H](C(=O)N[C@@H]2CCN(C3CC3)C2)c2ccccc2N1. The molecular formula is C17H21N3O2. The van der Waals surface area contributed by atoms with Gasteiger partial charge in [0.2, 0.25) is 11.8 Å². The van der Waals surface area contributed by atoms with Crippen LogP contribution >= 0.6 is 0 Å². The van der Waals surface area contributed by atoms with E-state index in [2.05, 4.69) is 15.5 Å². The summed E-state index contributed by atoms with van der Waals surface area (Å²) in [7, 11) is 0. The molecule has 5 heteroatoms. The van der Waals surface area contributed by atoms with Crippen molar-refractivity contribution in [2.45, 2.75) is 43.7 Å². The highest BCUT2D eigenvalue weighted by atomic mass is 16.2. The van der Waals surface area contributed by atoms with Gasteiger partial charge in [-0.2, -0.15) is 0 Å². The van der Waals surface area contributed by atoms with Crippen LogP contribution in [0.4, 0.5) is 5.69 Å². The van der Waals surface area contributed by atoms with Crippen LogP contribution in [0.1, 0.15) is 37.2 Å². The summed E-state index contributed by atoms with van der Waals surface area (Å²) in [5.41, 5.74) is 1.70. The van der Waals surface area contributed by atoms with Crippen molar-refractivity contribution in [2.24, 2.45) is 0 Å². The van der Waals surface area contributed by atoms with Crippen LogP contribution in [0, 0.1) is 0 Å². The second kappa shape index (κ2) is 5.39. The number of likely N-dealkylation sites (tertiary alicyclic amines) is 1. The summed E-state index contributed by atoms with van der Waals surface area (Å²) < 4.78 is 0. The highest BCUT2D eigenvalue weighted by Gasteiger charge is 2.36. The highest BCUT2D eigenvalue weighted by Crippen LogP contribution is 2.33. The Labute approximate surface area is 130 Å². The van der Waals surface area contributed by atoms with Crippen LogP contribution in [-0.4, -0.2) is 41.9 Å². The number of benzene rings is 1. The third-order valence-corrected chi connectivity index (χ3v) is 4.95. The molecule has 3 aliphatic rings. The number of carbonyl (C=O) groups is 2. The minimum atomic E-state index is -0.361. The molecule has 5 nitrogen and oxygen atoms in total. The van der Waals surface area contributed by atoms with E-state index >= 15 is 0 Å². The van der Waals surface area contributed by atoms with Gasteiger partial charge in [-0.15, -0.1) is 0 Å². The molecule has 1 aromatic rings. The van der Waals surface area contributed by atoms with E-state index in [1.54, 1.807) is 0 Å². The number of anilines is 1. The van der Waals surface area contributed by atoms with E-state index in [1.165, 1.54) is 12.8 Å². The van der Waals surface area contributed by atoms with Gasteiger partial charge in [-0.3, -0.25) is 14.5 Å². The normalized spacial score (nSPS) is 28.1. The van der Waals surface area contributed by atoms with Crippen molar-refractivity contribution in [2.75, 3.05) is 18.4 Å². The Hall–Kier alpha value is -1.88. The van der Waals surface area contributed by atoms with E-state index in [9.17, 15) is 9.59 Å². The number of para-hydroxylation sites is 1. The molecule has 116 valence electrons. The monoisotopic (exact) mass is 299 g/mol. The Bertz CT molecular complexity index is 612. The van der Waals surface area contributed by atoms with Gasteiger partial charge in [0.25, 0.3) is 0 Å². The van der Waals surface area contributed by atoms with Gasteiger partial charge in [0.1, 0.15) is 0 Å². The van der Waals surface area contributed by atoms with E-state index in [1.807, 2.05) is 24.3 Å². The molecule has 0 aromatic heterocycles. The number of amides is 2. The first kappa shape index (κ1) is 13.8. The lowest BCUT2D eigenvalue weighted by Gasteiger charge is -2.26. The molecule has 1 aromatic carbocycles. The molecule has 2 fully saturated rings. The highest BCUT2D eigenvalue weighted by molar-refractivity contribution is 6.01. The molecule has 2 amide bonds. The molecule has 1 saturated heterocycles. The second-order valence-corrected chi connectivity index (χ2v) is 6.61. The predicted octanol–water partition coefficient (Wildman–Crippen LogP) is 1.47. The van der Waals surface area contributed by atoms with Gasteiger partial charge < -0.3 is 10.6 Å². The number of hydrogen-bond acceptors (Lipinski definition) is 3. The number of carbonyl (C=O) groups excluding carboxylic acids is 2. The van der Waals surface area contributed by atoms with Gasteiger partial charge in [0.05, 0.1) is 5.92 Å². The van der Waals surface area contributed by atoms with Gasteiger partial charge >= 0.3 is 0 Å². The van der Waals surface area contributed by atoms with Crippen LogP contribution in [0.3, 0.4) is 0 Å². The molecule has 0 spiro atoms. The Morgan fingerprint density at radius 1 is 1.23 bits per heavy atom. The zero-order valence-corrected chi connectivity index (χ0v) is 12.5. The fourth-order valence-electron chi connectivity index (χ4n) is 3.62. The summed E-state index contributed by atoms with van der Waals surface area (Å²) in [6, 6.07) is 8.57. The first-order valence-electron chi connectivity index (χ1n) is 8.14. The molecule has 2 N–H and O–H groups in total. The van der Waals surface area contributed by atoms with E-state index in [4.69, 9.17) is 0 Å². The third kappa shape index (κ3) is 2.61. The van der Waals surface area contributed by atoms with Gasteiger partial charge in [-0.1, -0.05) is 18.2 Å². The number of nitrogens with zero attached hydrogens (tertiary/aromatic N) is 1. The Kier molecular flexibility index (Phi) is 3.37. The lowest BCUT2D eigenvalue weighted by atomic mass is 9.89. The van der Waals surface area contributed by atoms with Crippen molar-refractivity contribution in [3.8, 4) is 0 Å². The summed E-state index contributed by atoms with van der Waals surface area (Å²) in [5, 5.41) is 6.00. The predicted molar refractivity (Wildman–Crippen MR) is 83.6 cm³/mol. The molecular weight excluding hydrogens is 278 g/mol. The zero-order valence-electron chi connectivity index (χ0n) is 12.5. The van der Waals surface area contributed by atoms with Crippen LogP contribution in [0.2, 0.25) is 0 Å². The van der Waals surface area contributed by atoms with E-state index in [-0.39, 0.29) is 30.2 Å². The molecule has 22 heavy (non-hydrogen) atoms. The minimum absolute atomic E-state index is 0.00931. The average molecular weight is 299 g/mol. The van der Waals surface area contributed by atoms with Crippen LogP contribution < -0.4 is 10.6 Å². The largest absolute Gasteiger partial charge is 0.351 e. The molecule has 2 heterocycles. The molecule has 2 aliphatic heterocycles. The summed E-state index contributed by atoms with van der Waals surface area (Å²) in [6.45, 7) is 2.04. The van der Waals surface area contributed by atoms with Crippen LogP contribution in [0.15, 0.2) is 24.3 Å². The lowest BCUT2D eigenvalue weighted by Crippen LogP contribution is -2.42. The van der Waals surface area contributed by atoms with Crippen molar-refractivity contribution in [3.05, 3.63) is 29.8 Å². The molecule has 4 rings (SSSR count). The van der Waals surface area contributed by atoms with Crippen molar-refractivity contribution in [1.29, 1.82) is 0 Å². The van der Waals surface area contributed by atoms with Crippen LogP contribution in [0.25, 0.3) is 0 Å². The fourth-order valence-corrected chi connectivity index (χ4v) is 3.62. The Balaban J connectivity index is 1.45. The number of fused-ring (bicyclic) bond motifs is 1. The van der Waals surface area contributed by atoms with E-state index in [0.29, 0.717) is 0 Å². The lowest BCUT2D eigenvalue weighted by molar-refractivity contribution is -0.126. The zero-order chi connectivity index (χ0) is 15.1. The maximum absolute atomic E-state index is 12.6. The average Bonchev–Trinajstić information content (AvgIpc) is 3.26. The maximum atomic E-state index is 12.6. The standard InChI is InChI=1S/C17H21N3O2/c21-16-9-14(13-3-1-2-4-15(13)19-16)17(22)18-11-7-8-20(10-11)12-5-6-12/h1-4,11-12,14H,5-10H2,(H,18,22)(H,19,21)/t11-,14-/m1/s1. The van der Waals surface area contributed by atoms with Crippen molar-refractivity contribution in [3.63, 3.8) is 0 Å². The van der Waals surface area contributed by atoms with E-state index in [0.717, 1.165) is 36.8 Å². The Morgan fingerprint density at radius 2 is 2.05 bits per heavy atom. The third-order valence-electron chi connectivity index (χ3n) is 4.95. The van der Waals surface area contributed by atoms with Crippen LogP contribution in [0.5, 0.6) is 0 Å². The summed E-state index contributed by atoms with van der Waals surface area (Å²) in [6.07, 6.45) is 3.86. The molecule has 2 atom stereocenters. The smallest absolute Gasteiger partial charge is 0.228 e. The second-order valence-electron chi connectivity index (χ2n) is 6.61. The van der Waals surface area contributed by atoms with Crippen LogP contribution in [-0.2, 0) is 9.59 Å². The number of rotatable bonds is 3. The fraction of sp³-hybridized carbons (Fsp3) is 0.529. The van der Waals surface area contributed by atoms with E-state index < -0.39 is 0 Å². The topological polar surface area (TPSA) is 61.4 Å². The number of hydrogen-bond donors (Lipinski definition) is 2. The Morgan fingerprint density at radius 3 is 2.86 bits per heavy atom. The minimum Gasteiger partial charge on any atom is -0.351 e. The van der Waals surface area contributed by atoms with Gasteiger partial charge in [0.15, 0.2) is 0 Å². The molecule has 0 radical (unpaired) electrons. The first-order valence-corrected chi connectivity index (χ1v) is 8.14. The van der Waals surface area contributed by atoms with Crippen molar-refractivity contribution < 1.29 is 9.59 Å². The summed E-state index contributed by atoms with van der Waals surface area (Å²) in [4.78, 5) is 27.0. The molecule has 0 bridgehead atoms. The number of nitrogens with one attached hydrogen (secondary N) is 2. The summed E-state index contributed by atoms with van der Waals surface area (Å²) >= 11 is 0. The van der Waals surface area contributed by atoms with Gasteiger partial charge in [-0.05, 0) is 30.9 Å². The summed E-state index contributed by atoms with van der Waals surface area (Å²) in [5.74, 6) is -0.449. The molecule has 0 unspecified atom stereocenters. The van der Waals surface area contributed by atoms with Gasteiger partial charge in [0, 0.05) is 37.3 Å². The van der Waals surface area contributed by atoms with Crippen molar-refractivity contribution in [1.82, 2.24) is 10.2 Å². The first-order chi connectivity index (χ1) is 10.7. The quantitative estimate of drug-likeness (QED) is 0.888. The van der Waals surface area contributed by atoms with Crippen molar-refractivity contribution >= 4 is 17.5 Å². The molecule has 1 saturated carbocycles. The van der Waals surface area contributed by atoms with Gasteiger partial charge in [-0.25, -0.2) is 0 Å². The maximum Gasteiger partial charge on any atom is 0.228 e.